The van der Waals surface area contributed by atoms with E-state index in [-0.39, 0.29) is 12.0 Å². The topological polar surface area (TPSA) is 20.2 Å². The maximum absolute atomic E-state index is 12.9. The number of rotatable bonds is 4. The molecule has 0 bridgehead atoms. The van der Waals surface area contributed by atoms with Crippen LogP contribution in [0.1, 0.15) is 34.7 Å². The van der Waals surface area contributed by atoms with Gasteiger partial charge in [0.05, 0.1) is 27.1 Å². The molecular formula is C30H32NO+. The van der Waals surface area contributed by atoms with Gasteiger partial charge in [0.2, 0.25) is 0 Å². The number of nitrogens with zero attached hydrogens (tertiary/aromatic N) is 1. The Hall–Kier alpha value is -2.94. The van der Waals surface area contributed by atoms with Crippen LogP contribution < -0.4 is 0 Å². The van der Waals surface area contributed by atoms with Gasteiger partial charge in [-0.3, -0.25) is 0 Å². The van der Waals surface area contributed by atoms with Crippen LogP contribution in [0.5, 0.6) is 0 Å². The molecule has 1 aliphatic rings. The summed E-state index contributed by atoms with van der Waals surface area (Å²) in [7, 11) is 6.76. The van der Waals surface area contributed by atoms with Crippen molar-refractivity contribution in [3.63, 3.8) is 0 Å². The summed E-state index contributed by atoms with van der Waals surface area (Å²) in [5, 5.41) is 15.2. The van der Waals surface area contributed by atoms with Crippen LogP contribution in [-0.2, 0) is 12.0 Å². The molecule has 1 N–H and O–H groups in total. The summed E-state index contributed by atoms with van der Waals surface area (Å²) >= 11 is 0. The van der Waals surface area contributed by atoms with E-state index in [1.165, 1.54) is 16.5 Å². The fourth-order valence-corrected chi connectivity index (χ4v) is 5.99. The standard InChI is InChI=1S/C30H32NO/c1-31(2,3)29(24-14-5-4-6-15-24)28-21-20-23-13-8-10-18-26(23)30(28,32)27-19-11-16-22-12-7-9-17-25(22)27/h4-19,28-29,32H,20-21H2,1-3H3/q+1/t28-,29-,30+/m0/s1. The smallest absolute Gasteiger partial charge is 0.124 e. The quantitative estimate of drug-likeness (QED) is 0.395. The maximum atomic E-state index is 12.9. The minimum absolute atomic E-state index is 0.0330. The van der Waals surface area contributed by atoms with Crippen molar-refractivity contribution in [2.24, 2.45) is 5.92 Å². The first kappa shape index (κ1) is 20.9. The molecule has 0 heterocycles. The lowest BCUT2D eigenvalue weighted by atomic mass is 9.63. The van der Waals surface area contributed by atoms with Crippen molar-refractivity contribution in [1.82, 2.24) is 0 Å². The van der Waals surface area contributed by atoms with Crippen molar-refractivity contribution in [2.75, 3.05) is 21.1 Å². The highest BCUT2D eigenvalue weighted by molar-refractivity contribution is 5.87. The van der Waals surface area contributed by atoms with Gasteiger partial charge >= 0.3 is 0 Å². The van der Waals surface area contributed by atoms with Crippen LogP contribution >= 0.6 is 0 Å². The molecule has 2 heteroatoms. The van der Waals surface area contributed by atoms with E-state index in [0.717, 1.165) is 33.8 Å². The molecule has 5 rings (SSSR count). The second-order valence-corrected chi connectivity index (χ2v) is 10.1. The van der Waals surface area contributed by atoms with E-state index in [2.05, 4.69) is 118 Å². The van der Waals surface area contributed by atoms with E-state index in [1.54, 1.807) is 0 Å². The van der Waals surface area contributed by atoms with Gasteiger partial charge in [0.1, 0.15) is 11.6 Å². The first-order chi connectivity index (χ1) is 15.4. The SMILES string of the molecule is C[N+](C)(C)[C@@H](c1ccccc1)[C@@H]1CCc2ccccc2[C@@]1(O)c1cccc2ccccc12. The highest BCUT2D eigenvalue weighted by Gasteiger charge is 2.52. The minimum Gasteiger partial charge on any atom is -0.380 e. The Balaban J connectivity index is 1.81. The van der Waals surface area contributed by atoms with Gasteiger partial charge in [-0.2, -0.15) is 0 Å². The largest absolute Gasteiger partial charge is 0.380 e. The lowest BCUT2D eigenvalue weighted by molar-refractivity contribution is -0.908. The van der Waals surface area contributed by atoms with E-state index < -0.39 is 5.60 Å². The van der Waals surface area contributed by atoms with Crippen LogP contribution in [0.25, 0.3) is 10.8 Å². The zero-order valence-electron chi connectivity index (χ0n) is 19.2. The van der Waals surface area contributed by atoms with Gasteiger partial charge in [0, 0.05) is 5.56 Å². The summed E-state index contributed by atoms with van der Waals surface area (Å²) in [6.45, 7) is 0. The molecule has 0 spiro atoms. The molecule has 4 aromatic carbocycles. The Morgan fingerprint density at radius 3 is 2.16 bits per heavy atom. The van der Waals surface area contributed by atoms with Gasteiger partial charge in [-0.15, -0.1) is 0 Å². The molecule has 162 valence electrons. The third-order valence-electron chi connectivity index (χ3n) is 7.25. The summed E-state index contributed by atoms with van der Waals surface area (Å²) in [6.07, 6.45) is 1.92. The van der Waals surface area contributed by atoms with Crippen LogP contribution in [0.3, 0.4) is 0 Å². The molecule has 4 aromatic rings. The lowest BCUT2D eigenvalue weighted by Crippen LogP contribution is -2.52. The fourth-order valence-electron chi connectivity index (χ4n) is 5.99. The molecule has 1 aliphatic carbocycles. The third kappa shape index (κ3) is 3.35. The lowest BCUT2D eigenvalue weighted by Gasteiger charge is -2.49. The first-order valence-electron chi connectivity index (χ1n) is 11.6. The Bertz CT molecular complexity index is 1240. The molecule has 0 fully saturated rings. The molecule has 0 amide bonds. The van der Waals surface area contributed by atoms with Crippen molar-refractivity contribution >= 4 is 10.8 Å². The number of quaternary nitrogens is 1. The van der Waals surface area contributed by atoms with Gasteiger partial charge in [-0.05, 0) is 40.3 Å². The van der Waals surface area contributed by atoms with Crippen LogP contribution in [0.2, 0.25) is 0 Å². The molecule has 0 aliphatic heterocycles. The number of aliphatic hydroxyl groups is 1. The van der Waals surface area contributed by atoms with Gasteiger partial charge < -0.3 is 9.59 Å². The Morgan fingerprint density at radius 1 is 0.750 bits per heavy atom. The van der Waals surface area contributed by atoms with Gasteiger partial charge in [0.15, 0.2) is 0 Å². The van der Waals surface area contributed by atoms with E-state index in [1.807, 2.05) is 0 Å². The zero-order chi connectivity index (χ0) is 22.3. The average Bonchev–Trinajstić information content (AvgIpc) is 2.80. The third-order valence-corrected chi connectivity index (χ3v) is 7.25. The Kier molecular flexibility index (Phi) is 5.16. The van der Waals surface area contributed by atoms with Crippen molar-refractivity contribution in [3.8, 4) is 0 Å². The molecule has 0 unspecified atom stereocenters. The maximum Gasteiger partial charge on any atom is 0.124 e. The molecular weight excluding hydrogens is 390 g/mol. The summed E-state index contributed by atoms with van der Waals surface area (Å²) in [4.78, 5) is 0. The minimum atomic E-state index is -1.08. The van der Waals surface area contributed by atoms with Crippen LogP contribution in [0.15, 0.2) is 97.1 Å². The fraction of sp³-hybridized carbons (Fsp3) is 0.267. The van der Waals surface area contributed by atoms with Gasteiger partial charge in [0.25, 0.3) is 0 Å². The van der Waals surface area contributed by atoms with E-state index in [0.29, 0.717) is 0 Å². The average molecular weight is 423 g/mol. The summed E-state index contributed by atoms with van der Waals surface area (Å²) in [5.41, 5.74) is 3.53. The monoisotopic (exact) mass is 422 g/mol. The number of benzene rings is 4. The Morgan fingerprint density at radius 2 is 1.38 bits per heavy atom. The first-order valence-corrected chi connectivity index (χ1v) is 11.6. The molecule has 32 heavy (non-hydrogen) atoms. The molecule has 2 nitrogen and oxygen atoms in total. The highest BCUT2D eigenvalue weighted by atomic mass is 16.3. The number of hydrogen-bond donors (Lipinski definition) is 1. The van der Waals surface area contributed by atoms with E-state index in [9.17, 15) is 5.11 Å². The predicted molar refractivity (Wildman–Crippen MR) is 132 cm³/mol. The zero-order valence-corrected chi connectivity index (χ0v) is 19.2. The molecule has 0 aromatic heterocycles. The van der Waals surface area contributed by atoms with Crippen molar-refractivity contribution in [1.29, 1.82) is 0 Å². The number of hydrogen-bond acceptors (Lipinski definition) is 1. The van der Waals surface area contributed by atoms with Gasteiger partial charge in [-0.25, -0.2) is 0 Å². The Labute approximate surface area is 191 Å². The second-order valence-electron chi connectivity index (χ2n) is 10.1. The molecule has 0 radical (unpaired) electrons. The molecule has 3 atom stereocenters. The normalized spacial score (nSPS) is 21.8. The van der Waals surface area contributed by atoms with Crippen LogP contribution in [0, 0.1) is 5.92 Å². The van der Waals surface area contributed by atoms with Crippen molar-refractivity contribution in [2.45, 2.75) is 24.5 Å². The number of aryl methyl sites for hydroxylation is 1. The predicted octanol–water partition coefficient (Wildman–Crippen LogP) is 6.09. The van der Waals surface area contributed by atoms with Gasteiger partial charge in [-0.1, -0.05) is 97.1 Å². The van der Waals surface area contributed by atoms with Crippen LogP contribution in [-0.4, -0.2) is 30.7 Å². The van der Waals surface area contributed by atoms with E-state index in [4.69, 9.17) is 0 Å². The second kappa shape index (κ2) is 7.88. The summed E-state index contributed by atoms with van der Waals surface area (Å²) < 4.78 is 0.754. The summed E-state index contributed by atoms with van der Waals surface area (Å²) in [5.74, 6) is 0.0330. The summed E-state index contributed by atoms with van der Waals surface area (Å²) in [6, 6.07) is 34.2. The van der Waals surface area contributed by atoms with Crippen molar-refractivity contribution in [3.05, 3.63) is 119 Å². The van der Waals surface area contributed by atoms with Crippen molar-refractivity contribution < 1.29 is 9.59 Å². The van der Waals surface area contributed by atoms with Crippen LogP contribution in [0.4, 0.5) is 0 Å². The molecule has 0 saturated carbocycles. The molecule has 0 saturated heterocycles. The number of fused-ring (bicyclic) bond motifs is 2. The van der Waals surface area contributed by atoms with E-state index >= 15 is 0 Å². The highest BCUT2D eigenvalue weighted by Crippen LogP contribution is 2.53.